The van der Waals surface area contributed by atoms with Crippen molar-refractivity contribution in [2.45, 2.75) is 13.8 Å². The molecular formula is C13H17NO3. The summed E-state index contributed by atoms with van der Waals surface area (Å²) >= 11 is 0. The monoisotopic (exact) mass is 235 g/mol. The van der Waals surface area contributed by atoms with Crippen molar-refractivity contribution in [3.8, 4) is 5.75 Å². The van der Waals surface area contributed by atoms with E-state index in [4.69, 9.17) is 4.74 Å². The van der Waals surface area contributed by atoms with E-state index < -0.39 is 0 Å². The predicted molar refractivity (Wildman–Crippen MR) is 67.0 cm³/mol. The minimum Gasteiger partial charge on any atom is -0.494 e. The summed E-state index contributed by atoms with van der Waals surface area (Å²) < 4.78 is 9.87. The number of anilines is 1. The summed E-state index contributed by atoms with van der Waals surface area (Å²) in [6.07, 6.45) is 1.40. The van der Waals surface area contributed by atoms with Crippen LogP contribution in [0.2, 0.25) is 0 Å². The molecule has 0 aliphatic carbocycles. The van der Waals surface area contributed by atoms with Crippen LogP contribution in [0, 0.1) is 0 Å². The summed E-state index contributed by atoms with van der Waals surface area (Å²) in [5, 5.41) is 3.08. The van der Waals surface area contributed by atoms with Gasteiger partial charge in [0.2, 0.25) is 0 Å². The summed E-state index contributed by atoms with van der Waals surface area (Å²) in [5.74, 6) is 0.452. The van der Waals surface area contributed by atoms with Gasteiger partial charge in [-0.2, -0.15) is 0 Å². The average Bonchev–Trinajstić information content (AvgIpc) is 2.31. The molecule has 0 saturated heterocycles. The molecule has 0 unspecified atom stereocenters. The molecule has 0 aliphatic heterocycles. The zero-order valence-electron chi connectivity index (χ0n) is 10.3. The molecule has 0 spiro atoms. The lowest BCUT2D eigenvalue weighted by Gasteiger charge is -2.07. The molecule has 1 rings (SSSR count). The number of hydrogen-bond acceptors (Lipinski definition) is 4. The lowest BCUT2D eigenvalue weighted by Crippen LogP contribution is -2.02. The number of ether oxygens (including phenoxy) is 2. The van der Waals surface area contributed by atoms with E-state index in [0.717, 1.165) is 17.1 Å². The van der Waals surface area contributed by atoms with E-state index in [1.807, 2.05) is 31.2 Å². The minimum atomic E-state index is -0.374. The quantitative estimate of drug-likeness (QED) is 0.629. The van der Waals surface area contributed by atoms with Gasteiger partial charge in [-0.05, 0) is 38.1 Å². The Labute approximate surface area is 101 Å². The second kappa shape index (κ2) is 6.58. The number of methoxy groups -OCH3 is 1. The Bertz CT molecular complexity index is 396. The number of carbonyl (C=O) groups excluding carboxylic acids is 1. The first kappa shape index (κ1) is 13.1. The molecule has 4 heteroatoms. The van der Waals surface area contributed by atoms with Gasteiger partial charge in [0.15, 0.2) is 0 Å². The van der Waals surface area contributed by atoms with Crippen LogP contribution in [0.5, 0.6) is 5.75 Å². The van der Waals surface area contributed by atoms with E-state index >= 15 is 0 Å². The normalized spacial score (nSPS) is 10.9. The lowest BCUT2D eigenvalue weighted by molar-refractivity contribution is -0.134. The Balaban J connectivity index is 2.62. The van der Waals surface area contributed by atoms with Crippen LogP contribution in [0.25, 0.3) is 0 Å². The third-order valence-electron chi connectivity index (χ3n) is 2.04. The fraction of sp³-hybridized carbons (Fsp3) is 0.308. The molecule has 0 saturated carbocycles. The maximum Gasteiger partial charge on any atom is 0.332 e. The molecule has 1 aromatic carbocycles. The number of benzene rings is 1. The van der Waals surface area contributed by atoms with Gasteiger partial charge in [-0.25, -0.2) is 4.79 Å². The molecule has 0 atom stereocenters. The predicted octanol–water partition coefficient (Wildman–Crippen LogP) is 2.57. The standard InChI is InChI=1S/C13H17NO3/c1-4-17-12-7-5-11(6-8-12)14-10(2)9-13(15)16-3/h5-9,14H,4H2,1-3H3. The van der Waals surface area contributed by atoms with Gasteiger partial charge in [-0.3, -0.25) is 0 Å². The SMILES string of the molecule is CCOc1ccc(NC(C)=CC(=O)OC)cc1. The van der Waals surface area contributed by atoms with Gasteiger partial charge in [-0.15, -0.1) is 0 Å². The average molecular weight is 235 g/mol. The fourth-order valence-electron chi connectivity index (χ4n) is 1.30. The number of allylic oxidation sites excluding steroid dienone is 1. The van der Waals surface area contributed by atoms with E-state index in [0.29, 0.717) is 6.61 Å². The van der Waals surface area contributed by atoms with Crippen molar-refractivity contribution in [1.82, 2.24) is 0 Å². The van der Waals surface area contributed by atoms with Crippen molar-refractivity contribution < 1.29 is 14.3 Å². The Hall–Kier alpha value is -1.97. The van der Waals surface area contributed by atoms with Gasteiger partial charge in [-0.1, -0.05) is 0 Å². The van der Waals surface area contributed by atoms with Crippen molar-refractivity contribution in [3.63, 3.8) is 0 Å². The first-order valence-electron chi connectivity index (χ1n) is 5.42. The van der Waals surface area contributed by atoms with Gasteiger partial charge in [0.25, 0.3) is 0 Å². The molecule has 0 radical (unpaired) electrons. The Kier molecular flexibility index (Phi) is 5.07. The van der Waals surface area contributed by atoms with E-state index in [1.54, 1.807) is 6.92 Å². The maximum absolute atomic E-state index is 11.0. The third-order valence-corrected chi connectivity index (χ3v) is 2.04. The van der Waals surface area contributed by atoms with Crippen LogP contribution in [-0.2, 0) is 9.53 Å². The summed E-state index contributed by atoms with van der Waals surface area (Å²) in [4.78, 5) is 11.0. The van der Waals surface area contributed by atoms with Gasteiger partial charge >= 0.3 is 5.97 Å². The molecule has 0 aromatic heterocycles. The van der Waals surface area contributed by atoms with Crippen LogP contribution < -0.4 is 10.1 Å². The molecule has 1 N–H and O–H groups in total. The van der Waals surface area contributed by atoms with Crippen LogP contribution in [0.4, 0.5) is 5.69 Å². The smallest absolute Gasteiger partial charge is 0.332 e. The van der Waals surface area contributed by atoms with E-state index in [9.17, 15) is 4.79 Å². The van der Waals surface area contributed by atoms with Crippen molar-refractivity contribution in [2.24, 2.45) is 0 Å². The number of carbonyl (C=O) groups is 1. The Morgan fingerprint density at radius 1 is 1.35 bits per heavy atom. The van der Waals surface area contributed by atoms with Crippen molar-refractivity contribution >= 4 is 11.7 Å². The second-order valence-electron chi connectivity index (χ2n) is 3.43. The highest BCUT2D eigenvalue weighted by Gasteiger charge is 1.98. The molecule has 0 heterocycles. The van der Waals surface area contributed by atoms with Crippen LogP contribution in [-0.4, -0.2) is 19.7 Å². The van der Waals surface area contributed by atoms with Crippen LogP contribution >= 0.6 is 0 Å². The lowest BCUT2D eigenvalue weighted by atomic mass is 10.3. The summed E-state index contributed by atoms with van der Waals surface area (Å²) in [6.45, 7) is 4.39. The topological polar surface area (TPSA) is 47.6 Å². The van der Waals surface area contributed by atoms with Gasteiger partial charge in [0.1, 0.15) is 5.75 Å². The van der Waals surface area contributed by atoms with Gasteiger partial charge in [0, 0.05) is 17.5 Å². The largest absolute Gasteiger partial charge is 0.494 e. The van der Waals surface area contributed by atoms with Crippen molar-refractivity contribution in [2.75, 3.05) is 19.0 Å². The molecular weight excluding hydrogens is 218 g/mol. The van der Waals surface area contributed by atoms with E-state index in [-0.39, 0.29) is 5.97 Å². The van der Waals surface area contributed by atoms with Crippen LogP contribution in [0.1, 0.15) is 13.8 Å². The Morgan fingerprint density at radius 2 is 2.00 bits per heavy atom. The van der Waals surface area contributed by atoms with Gasteiger partial charge < -0.3 is 14.8 Å². The highest BCUT2D eigenvalue weighted by molar-refractivity contribution is 5.83. The molecule has 92 valence electrons. The molecule has 0 aliphatic rings. The summed E-state index contributed by atoms with van der Waals surface area (Å²) in [6, 6.07) is 7.52. The minimum absolute atomic E-state index is 0.374. The number of rotatable bonds is 5. The summed E-state index contributed by atoms with van der Waals surface area (Å²) in [5.41, 5.74) is 1.62. The molecule has 0 bridgehead atoms. The van der Waals surface area contributed by atoms with Gasteiger partial charge in [0.05, 0.1) is 13.7 Å². The highest BCUT2D eigenvalue weighted by atomic mass is 16.5. The fourth-order valence-corrected chi connectivity index (χ4v) is 1.30. The number of nitrogens with one attached hydrogen (secondary N) is 1. The maximum atomic E-state index is 11.0. The zero-order chi connectivity index (χ0) is 12.7. The van der Waals surface area contributed by atoms with E-state index in [1.165, 1.54) is 13.2 Å². The van der Waals surface area contributed by atoms with Crippen molar-refractivity contribution in [3.05, 3.63) is 36.0 Å². The second-order valence-corrected chi connectivity index (χ2v) is 3.43. The summed E-state index contributed by atoms with van der Waals surface area (Å²) in [7, 11) is 1.35. The number of esters is 1. The third kappa shape index (κ3) is 4.59. The Morgan fingerprint density at radius 3 is 2.53 bits per heavy atom. The first-order valence-corrected chi connectivity index (χ1v) is 5.42. The molecule has 0 amide bonds. The molecule has 17 heavy (non-hydrogen) atoms. The molecule has 1 aromatic rings. The molecule has 0 fully saturated rings. The highest BCUT2D eigenvalue weighted by Crippen LogP contribution is 2.16. The van der Waals surface area contributed by atoms with E-state index in [2.05, 4.69) is 10.1 Å². The number of hydrogen-bond donors (Lipinski definition) is 1. The first-order chi connectivity index (χ1) is 8.15. The van der Waals surface area contributed by atoms with Crippen LogP contribution in [0.15, 0.2) is 36.0 Å². The van der Waals surface area contributed by atoms with Crippen LogP contribution in [0.3, 0.4) is 0 Å². The molecule has 4 nitrogen and oxygen atoms in total. The van der Waals surface area contributed by atoms with Crippen molar-refractivity contribution in [1.29, 1.82) is 0 Å². The zero-order valence-corrected chi connectivity index (χ0v) is 10.3.